The Hall–Kier alpha value is -0.510. The molecule has 0 unspecified atom stereocenters. The molecule has 0 spiro atoms. The second-order valence-electron chi connectivity index (χ2n) is 5.86. The molecule has 0 N–H and O–H groups in total. The topological polar surface area (TPSA) is 9.23 Å². The van der Waals surface area contributed by atoms with Crippen molar-refractivity contribution >= 4 is 11.6 Å². The number of halogens is 3. The molecule has 0 atom stereocenters. The molecule has 0 heterocycles. The average Bonchev–Trinajstić information content (AvgIpc) is 2.86. The summed E-state index contributed by atoms with van der Waals surface area (Å²) in [5.74, 6) is 0.230. The molecule has 1 aliphatic rings. The molecule has 2 nitrogen and oxygen atoms in total. The molecule has 20 heavy (non-hydrogen) atoms. The Labute approximate surface area is 131 Å². The summed E-state index contributed by atoms with van der Waals surface area (Å²) in [5, 5.41) is 0.339. The van der Waals surface area contributed by atoms with Crippen LogP contribution >= 0.6 is 11.6 Å². The molecule has 0 aliphatic heterocycles. The molecule has 0 saturated heterocycles. The number of rotatable bonds is 5. The number of hydrogen-bond acceptors (Lipinski definition) is 1. The van der Waals surface area contributed by atoms with Crippen molar-refractivity contribution in [3.8, 4) is 5.75 Å². The van der Waals surface area contributed by atoms with Crippen molar-refractivity contribution in [3.05, 3.63) is 29.0 Å². The molecule has 1 aromatic rings. The van der Waals surface area contributed by atoms with Crippen molar-refractivity contribution in [1.29, 1.82) is 0 Å². The molecule has 5 heteroatoms. The number of ether oxygens (including phenoxy) is 1. The van der Waals surface area contributed by atoms with E-state index in [9.17, 15) is 4.39 Å². The minimum absolute atomic E-state index is 0. The van der Waals surface area contributed by atoms with Crippen LogP contribution in [-0.4, -0.2) is 37.8 Å². The summed E-state index contributed by atoms with van der Waals surface area (Å²) in [6.45, 7) is 1.55. The van der Waals surface area contributed by atoms with Crippen molar-refractivity contribution in [2.75, 3.05) is 27.2 Å². The Balaban J connectivity index is 0.00000200. The summed E-state index contributed by atoms with van der Waals surface area (Å²) in [4.78, 5) is 0. The van der Waals surface area contributed by atoms with E-state index >= 15 is 0 Å². The summed E-state index contributed by atoms with van der Waals surface area (Å²) in [6.07, 6.45) is 5.31. The molecule has 0 radical (unpaired) electrons. The maximum absolute atomic E-state index is 12.9. The SMILES string of the molecule is C[N+](C)(CCOc1ccc(F)cc1Cl)C1CCCC1.[Cl-]. The highest BCUT2D eigenvalue weighted by Gasteiger charge is 2.30. The van der Waals surface area contributed by atoms with E-state index in [-0.39, 0.29) is 18.2 Å². The van der Waals surface area contributed by atoms with Crippen molar-refractivity contribution < 1.29 is 26.0 Å². The summed E-state index contributed by atoms with van der Waals surface area (Å²) < 4.78 is 19.6. The molecule has 0 bridgehead atoms. The third-order valence-electron chi connectivity index (χ3n) is 4.13. The summed E-state index contributed by atoms with van der Waals surface area (Å²) in [5.41, 5.74) is 0. The van der Waals surface area contributed by atoms with E-state index in [1.165, 1.54) is 37.8 Å². The molecule has 1 fully saturated rings. The molecule has 0 aromatic heterocycles. The van der Waals surface area contributed by atoms with E-state index < -0.39 is 0 Å². The quantitative estimate of drug-likeness (QED) is 0.732. The lowest BCUT2D eigenvalue weighted by molar-refractivity contribution is -0.914. The van der Waals surface area contributed by atoms with Gasteiger partial charge in [-0.25, -0.2) is 4.39 Å². The van der Waals surface area contributed by atoms with Gasteiger partial charge in [-0.05, 0) is 43.9 Å². The Bertz CT molecular complexity index is 434. The fourth-order valence-corrected chi connectivity index (χ4v) is 2.99. The molecule has 114 valence electrons. The van der Waals surface area contributed by atoms with Gasteiger partial charge < -0.3 is 21.6 Å². The molecule has 1 aliphatic carbocycles. The van der Waals surface area contributed by atoms with Gasteiger partial charge in [0.05, 0.1) is 25.2 Å². The van der Waals surface area contributed by atoms with Gasteiger partial charge in [-0.3, -0.25) is 0 Å². The highest BCUT2D eigenvalue weighted by atomic mass is 35.5. The lowest BCUT2D eigenvalue weighted by Crippen LogP contribution is -3.00. The third-order valence-corrected chi connectivity index (χ3v) is 4.43. The minimum Gasteiger partial charge on any atom is -1.00 e. The minimum atomic E-state index is -0.334. The fraction of sp³-hybridized carbons (Fsp3) is 0.600. The normalized spacial score (nSPS) is 16.0. The number of benzene rings is 1. The van der Waals surface area contributed by atoms with Crippen molar-refractivity contribution in [2.24, 2.45) is 0 Å². The van der Waals surface area contributed by atoms with E-state index in [1.807, 2.05) is 0 Å². The Morgan fingerprint density at radius 1 is 1.30 bits per heavy atom. The second kappa shape index (κ2) is 7.48. The predicted octanol–water partition coefficient (Wildman–Crippen LogP) is 0.881. The van der Waals surface area contributed by atoms with Crippen LogP contribution in [0.25, 0.3) is 0 Å². The first-order valence-electron chi connectivity index (χ1n) is 6.89. The maximum Gasteiger partial charge on any atom is 0.138 e. The lowest BCUT2D eigenvalue weighted by Gasteiger charge is -2.36. The van der Waals surface area contributed by atoms with Crippen LogP contribution in [0.5, 0.6) is 5.75 Å². The first-order valence-corrected chi connectivity index (χ1v) is 7.27. The molecule has 0 amide bonds. The number of hydrogen-bond donors (Lipinski definition) is 0. The molecule has 1 aromatic carbocycles. The van der Waals surface area contributed by atoms with Crippen molar-refractivity contribution in [1.82, 2.24) is 0 Å². The van der Waals surface area contributed by atoms with Crippen LogP contribution in [0.2, 0.25) is 5.02 Å². The zero-order chi connectivity index (χ0) is 13.9. The zero-order valence-electron chi connectivity index (χ0n) is 12.0. The second-order valence-corrected chi connectivity index (χ2v) is 6.27. The van der Waals surface area contributed by atoms with Gasteiger partial charge >= 0.3 is 0 Å². The Morgan fingerprint density at radius 3 is 2.55 bits per heavy atom. The first-order chi connectivity index (χ1) is 8.99. The van der Waals surface area contributed by atoms with E-state index in [4.69, 9.17) is 16.3 Å². The monoisotopic (exact) mass is 321 g/mol. The van der Waals surface area contributed by atoms with Gasteiger partial charge in [0.15, 0.2) is 0 Å². The molecule has 2 rings (SSSR count). The van der Waals surface area contributed by atoms with E-state index in [0.717, 1.165) is 17.1 Å². The summed E-state index contributed by atoms with van der Waals surface area (Å²) >= 11 is 5.94. The van der Waals surface area contributed by atoms with Crippen LogP contribution in [0.3, 0.4) is 0 Å². The molecule has 1 saturated carbocycles. The van der Waals surface area contributed by atoms with Gasteiger partial charge in [-0.15, -0.1) is 0 Å². The number of nitrogens with zero attached hydrogens (tertiary/aromatic N) is 1. The highest BCUT2D eigenvalue weighted by molar-refractivity contribution is 6.32. The smallest absolute Gasteiger partial charge is 0.138 e. The van der Waals surface area contributed by atoms with Crippen molar-refractivity contribution in [2.45, 2.75) is 31.7 Å². The van der Waals surface area contributed by atoms with Gasteiger partial charge in [-0.1, -0.05) is 11.6 Å². The van der Waals surface area contributed by atoms with Gasteiger partial charge in [0.2, 0.25) is 0 Å². The summed E-state index contributed by atoms with van der Waals surface area (Å²) in [7, 11) is 4.51. The Kier molecular flexibility index (Phi) is 6.56. The van der Waals surface area contributed by atoms with Crippen LogP contribution in [0.1, 0.15) is 25.7 Å². The van der Waals surface area contributed by atoms with E-state index in [1.54, 1.807) is 6.07 Å². The molecular weight excluding hydrogens is 300 g/mol. The zero-order valence-corrected chi connectivity index (χ0v) is 13.6. The van der Waals surface area contributed by atoms with Crippen molar-refractivity contribution in [3.63, 3.8) is 0 Å². The summed E-state index contributed by atoms with van der Waals surface area (Å²) in [6, 6.07) is 4.99. The van der Waals surface area contributed by atoms with Crippen LogP contribution < -0.4 is 17.1 Å². The lowest BCUT2D eigenvalue weighted by atomic mass is 10.2. The standard InChI is InChI=1S/C15H22ClFNO.ClH/c1-18(2,13-5-3-4-6-13)9-10-19-15-8-7-12(17)11-14(15)16;/h7-8,11,13H,3-6,9-10H2,1-2H3;1H/q+1;/p-1. The van der Waals surface area contributed by atoms with Crippen LogP contribution in [-0.2, 0) is 0 Å². The Morgan fingerprint density at radius 2 is 1.95 bits per heavy atom. The highest BCUT2D eigenvalue weighted by Crippen LogP contribution is 2.27. The van der Waals surface area contributed by atoms with Gasteiger partial charge in [0.1, 0.15) is 24.7 Å². The largest absolute Gasteiger partial charge is 1.00 e. The molecular formula is C15H22Cl2FNO. The maximum atomic E-state index is 12.9. The van der Waals surface area contributed by atoms with Crippen LogP contribution in [0, 0.1) is 5.82 Å². The van der Waals surface area contributed by atoms with Crippen LogP contribution in [0.4, 0.5) is 4.39 Å². The average molecular weight is 322 g/mol. The van der Waals surface area contributed by atoms with Gasteiger partial charge in [0, 0.05) is 0 Å². The predicted molar refractivity (Wildman–Crippen MR) is 76.1 cm³/mol. The fourth-order valence-electron chi connectivity index (χ4n) is 2.77. The first kappa shape index (κ1) is 17.5. The van der Waals surface area contributed by atoms with Gasteiger partial charge in [0.25, 0.3) is 0 Å². The third kappa shape index (κ3) is 4.51. The number of quaternary nitrogens is 1. The van der Waals surface area contributed by atoms with E-state index in [2.05, 4.69) is 14.1 Å². The number of likely N-dealkylation sites (N-methyl/N-ethyl adjacent to an activating group) is 1. The van der Waals surface area contributed by atoms with Crippen LogP contribution in [0.15, 0.2) is 18.2 Å². The van der Waals surface area contributed by atoms with Gasteiger partial charge in [-0.2, -0.15) is 0 Å². The van der Waals surface area contributed by atoms with E-state index in [0.29, 0.717) is 17.4 Å².